The Balaban J connectivity index is 3.26. The van der Waals surface area contributed by atoms with Crippen LogP contribution >= 0.6 is 22.6 Å². The van der Waals surface area contributed by atoms with Crippen LogP contribution in [0.3, 0.4) is 0 Å². The van der Waals surface area contributed by atoms with Gasteiger partial charge in [0.05, 0.1) is 16.2 Å². The molecule has 1 rings (SSSR count). The van der Waals surface area contributed by atoms with E-state index in [0.29, 0.717) is 0 Å². The number of benzene rings is 1. The van der Waals surface area contributed by atoms with Crippen LogP contribution in [0.1, 0.15) is 10.4 Å². The Labute approximate surface area is 87.0 Å². The Morgan fingerprint density at radius 1 is 1.46 bits per heavy atom. The number of ether oxygens (including phenoxy) is 1. The molecule has 0 spiro atoms. The quantitative estimate of drug-likeness (QED) is 0.452. The first kappa shape index (κ1) is 10.4. The summed E-state index contributed by atoms with van der Waals surface area (Å²) in [6.07, 6.45) is 0. The summed E-state index contributed by atoms with van der Waals surface area (Å²) in [6, 6.07) is 2.08. The molecule has 0 aliphatic rings. The molecule has 0 atom stereocenters. The van der Waals surface area contributed by atoms with Crippen LogP contribution < -0.4 is 0 Å². The van der Waals surface area contributed by atoms with E-state index < -0.39 is 17.6 Å². The molecule has 1 aromatic carbocycles. The van der Waals surface area contributed by atoms with Crippen LogP contribution in [0.25, 0.3) is 0 Å². The summed E-state index contributed by atoms with van der Waals surface area (Å²) in [6.45, 7) is 0. The van der Waals surface area contributed by atoms with Gasteiger partial charge in [0.1, 0.15) is 5.82 Å². The molecule has 1 aromatic rings. The molecule has 0 aliphatic heterocycles. The first-order valence-electron chi connectivity index (χ1n) is 3.29. The molecule has 70 valence electrons. The first-order chi connectivity index (χ1) is 6.07. The van der Waals surface area contributed by atoms with Crippen molar-refractivity contribution in [3.63, 3.8) is 0 Å². The molecule has 0 bridgehead atoms. The van der Waals surface area contributed by atoms with Gasteiger partial charge in [-0.1, -0.05) is 0 Å². The normalized spacial score (nSPS) is 9.85. The molecule has 2 nitrogen and oxygen atoms in total. The van der Waals surface area contributed by atoms with Gasteiger partial charge in [0.25, 0.3) is 0 Å². The fourth-order valence-corrected chi connectivity index (χ4v) is 1.26. The third-order valence-corrected chi connectivity index (χ3v) is 2.43. The van der Waals surface area contributed by atoms with E-state index in [2.05, 4.69) is 4.74 Å². The number of carbonyl (C=O) groups excluding carboxylic acids is 1. The van der Waals surface area contributed by atoms with E-state index in [9.17, 15) is 13.6 Å². The Hall–Kier alpha value is -0.720. The van der Waals surface area contributed by atoms with Gasteiger partial charge in [0.2, 0.25) is 0 Å². The lowest BCUT2D eigenvalue weighted by Crippen LogP contribution is -2.06. The van der Waals surface area contributed by atoms with Crippen LogP contribution in [0.5, 0.6) is 0 Å². The Morgan fingerprint density at radius 2 is 2.08 bits per heavy atom. The molecule has 0 heterocycles. The second-order valence-corrected chi connectivity index (χ2v) is 3.29. The summed E-state index contributed by atoms with van der Waals surface area (Å²) in [5.74, 6) is -2.38. The second kappa shape index (κ2) is 3.99. The molecule has 0 saturated carbocycles. The van der Waals surface area contributed by atoms with Gasteiger partial charge < -0.3 is 4.74 Å². The Kier molecular flexibility index (Phi) is 3.18. The van der Waals surface area contributed by atoms with Crippen LogP contribution in [0.4, 0.5) is 8.78 Å². The lowest BCUT2D eigenvalue weighted by Gasteiger charge is -2.02. The van der Waals surface area contributed by atoms with Crippen molar-refractivity contribution in [1.82, 2.24) is 0 Å². The van der Waals surface area contributed by atoms with Crippen molar-refractivity contribution < 1.29 is 18.3 Å². The van der Waals surface area contributed by atoms with E-state index in [4.69, 9.17) is 0 Å². The predicted molar refractivity (Wildman–Crippen MR) is 50.4 cm³/mol. The highest BCUT2D eigenvalue weighted by atomic mass is 127. The molecule has 13 heavy (non-hydrogen) atoms. The van der Waals surface area contributed by atoms with Gasteiger partial charge in [-0.05, 0) is 34.7 Å². The van der Waals surface area contributed by atoms with Crippen molar-refractivity contribution in [2.24, 2.45) is 0 Å². The monoisotopic (exact) mass is 298 g/mol. The van der Waals surface area contributed by atoms with E-state index >= 15 is 0 Å². The lowest BCUT2D eigenvalue weighted by molar-refractivity contribution is 0.0595. The number of methoxy groups -OCH3 is 1. The SMILES string of the molecule is COC(=O)c1ccc(F)c(I)c1F. The zero-order valence-electron chi connectivity index (χ0n) is 6.61. The second-order valence-electron chi connectivity index (χ2n) is 2.21. The van der Waals surface area contributed by atoms with E-state index in [1.807, 2.05) is 0 Å². The number of hydrogen-bond donors (Lipinski definition) is 0. The summed E-state index contributed by atoms with van der Waals surface area (Å²) in [4.78, 5) is 10.9. The van der Waals surface area contributed by atoms with Gasteiger partial charge in [0.15, 0.2) is 5.82 Å². The number of halogens is 3. The smallest absolute Gasteiger partial charge is 0.340 e. The van der Waals surface area contributed by atoms with Crippen molar-refractivity contribution in [3.05, 3.63) is 32.9 Å². The van der Waals surface area contributed by atoms with Crippen molar-refractivity contribution in [1.29, 1.82) is 0 Å². The number of hydrogen-bond acceptors (Lipinski definition) is 2. The molecule has 0 aromatic heterocycles. The molecule has 0 saturated heterocycles. The molecule has 0 N–H and O–H groups in total. The Morgan fingerprint density at radius 3 is 2.62 bits per heavy atom. The summed E-state index contributed by atoms with van der Waals surface area (Å²) < 4.78 is 30.0. The highest BCUT2D eigenvalue weighted by Gasteiger charge is 2.16. The van der Waals surface area contributed by atoms with Crippen molar-refractivity contribution in [3.8, 4) is 0 Å². The summed E-state index contributed by atoms with van der Waals surface area (Å²) in [7, 11) is 1.14. The molecular formula is C8H5F2IO2. The minimum Gasteiger partial charge on any atom is -0.465 e. The highest BCUT2D eigenvalue weighted by molar-refractivity contribution is 14.1. The lowest BCUT2D eigenvalue weighted by atomic mass is 10.2. The molecule has 0 amide bonds. The average Bonchev–Trinajstić information content (AvgIpc) is 2.13. The number of esters is 1. The molecular weight excluding hydrogens is 293 g/mol. The predicted octanol–water partition coefficient (Wildman–Crippen LogP) is 2.36. The minimum absolute atomic E-state index is 0.208. The van der Waals surface area contributed by atoms with E-state index in [0.717, 1.165) is 19.2 Å². The van der Waals surface area contributed by atoms with Crippen molar-refractivity contribution >= 4 is 28.6 Å². The molecule has 0 fully saturated rings. The largest absolute Gasteiger partial charge is 0.465 e. The fraction of sp³-hybridized carbons (Fsp3) is 0.125. The maximum Gasteiger partial charge on any atom is 0.340 e. The first-order valence-corrected chi connectivity index (χ1v) is 4.37. The fourth-order valence-electron chi connectivity index (χ4n) is 0.794. The zero-order chi connectivity index (χ0) is 10.0. The maximum absolute atomic E-state index is 13.2. The van der Waals surface area contributed by atoms with E-state index in [1.54, 1.807) is 0 Å². The molecule has 0 aliphatic carbocycles. The number of rotatable bonds is 1. The van der Waals surface area contributed by atoms with Crippen LogP contribution in [-0.2, 0) is 4.74 Å². The van der Waals surface area contributed by atoms with Crippen LogP contribution in [0.2, 0.25) is 0 Å². The van der Waals surface area contributed by atoms with Gasteiger partial charge in [-0.3, -0.25) is 0 Å². The van der Waals surface area contributed by atoms with Gasteiger partial charge in [-0.25, -0.2) is 13.6 Å². The highest BCUT2D eigenvalue weighted by Crippen LogP contribution is 2.19. The van der Waals surface area contributed by atoms with Gasteiger partial charge in [-0.15, -0.1) is 0 Å². The van der Waals surface area contributed by atoms with E-state index in [1.165, 1.54) is 22.6 Å². The average molecular weight is 298 g/mol. The summed E-state index contributed by atoms with van der Waals surface area (Å²) >= 11 is 1.49. The van der Waals surface area contributed by atoms with E-state index in [-0.39, 0.29) is 9.13 Å². The van der Waals surface area contributed by atoms with Gasteiger partial charge in [0, 0.05) is 0 Å². The van der Waals surface area contributed by atoms with Crippen molar-refractivity contribution in [2.75, 3.05) is 7.11 Å². The zero-order valence-corrected chi connectivity index (χ0v) is 8.76. The third-order valence-electron chi connectivity index (χ3n) is 1.44. The third kappa shape index (κ3) is 1.96. The molecule has 5 heteroatoms. The summed E-state index contributed by atoms with van der Waals surface area (Å²) in [5.41, 5.74) is -0.256. The topological polar surface area (TPSA) is 26.3 Å². The Bertz CT molecular complexity index is 352. The van der Waals surface area contributed by atoms with Gasteiger partial charge >= 0.3 is 5.97 Å². The van der Waals surface area contributed by atoms with Gasteiger partial charge in [-0.2, -0.15) is 0 Å². The molecule has 0 unspecified atom stereocenters. The minimum atomic E-state index is -0.882. The summed E-state index contributed by atoms with van der Waals surface area (Å²) in [5, 5.41) is 0. The van der Waals surface area contributed by atoms with Crippen LogP contribution in [-0.4, -0.2) is 13.1 Å². The van der Waals surface area contributed by atoms with Crippen LogP contribution in [0.15, 0.2) is 12.1 Å². The maximum atomic E-state index is 13.2. The number of carbonyl (C=O) groups is 1. The van der Waals surface area contributed by atoms with Crippen molar-refractivity contribution in [2.45, 2.75) is 0 Å². The van der Waals surface area contributed by atoms with Crippen LogP contribution in [0, 0.1) is 15.2 Å². The standard InChI is InChI=1S/C8H5F2IO2/c1-13-8(12)4-2-3-5(9)7(11)6(4)10/h2-3H,1H3. The molecule has 0 radical (unpaired) electrons.